The van der Waals surface area contributed by atoms with E-state index < -0.39 is 0 Å². The summed E-state index contributed by atoms with van der Waals surface area (Å²) in [5.74, 6) is 0. The first-order valence-electron chi connectivity index (χ1n) is 15.7. The highest BCUT2D eigenvalue weighted by Gasteiger charge is 2.18. The Labute approximate surface area is 267 Å². The van der Waals surface area contributed by atoms with Crippen LogP contribution in [0.2, 0.25) is 0 Å². The first-order valence-corrected chi connectivity index (χ1v) is 15.7. The van der Waals surface area contributed by atoms with Crippen LogP contribution in [0, 0.1) is 0 Å². The lowest BCUT2D eigenvalue weighted by Gasteiger charge is -2.19. The summed E-state index contributed by atoms with van der Waals surface area (Å²) in [6.07, 6.45) is 3.76. The van der Waals surface area contributed by atoms with Crippen molar-refractivity contribution in [3.63, 3.8) is 0 Å². The van der Waals surface area contributed by atoms with Crippen LogP contribution in [0.4, 0.5) is 0 Å². The predicted molar refractivity (Wildman–Crippen MR) is 194 cm³/mol. The molecule has 0 unspecified atom stereocenters. The standard InChI is InChI=1S/C44H28N2/c1-3-10-29(11-4-1)35-23-24-38-39(28-35)41(30-12-5-2-6-13-30)37-16-8-7-15-36(37)40(38)31-17-21-34(22-18-31)44-42-32(25-27-46-44)19-20-33-14-9-26-45-43(33)42/h1-28H. The molecule has 214 valence electrons. The topological polar surface area (TPSA) is 25.8 Å². The van der Waals surface area contributed by atoms with Gasteiger partial charge in [0.2, 0.25) is 0 Å². The molecule has 0 N–H and O–H groups in total. The summed E-state index contributed by atoms with van der Waals surface area (Å²) < 4.78 is 0. The Morgan fingerprint density at radius 1 is 0.326 bits per heavy atom. The molecule has 0 aliphatic heterocycles. The summed E-state index contributed by atoms with van der Waals surface area (Å²) in [5, 5.41) is 8.33. The number of nitrogens with zero attached hydrogens (tertiary/aromatic N) is 2. The number of aromatic nitrogens is 2. The fraction of sp³-hybridized carbons (Fsp3) is 0. The second-order valence-electron chi connectivity index (χ2n) is 11.8. The third-order valence-electron chi connectivity index (χ3n) is 9.14. The van der Waals surface area contributed by atoms with Gasteiger partial charge in [-0.25, -0.2) is 0 Å². The number of fused-ring (bicyclic) bond motifs is 5. The molecule has 0 saturated heterocycles. The van der Waals surface area contributed by atoms with Gasteiger partial charge >= 0.3 is 0 Å². The van der Waals surface area contributed by atoms with Gasteiger partial charge in [-0.3, -0.25) is 9.97 Å². The second kappa shape index (κ2) is 10.8. The van der Waals surface area contributed by atoms with Crippen LogP contribution in [-0.2, 0) is 0 Å². The molecule has 2 heterocycles. The zero-order valence-corrected chi connectivity index (χ0v) is 25.1. The predicted octanol–water partition coefficient (Wildman–Crippen LogP) is 11.8. The molecule has 0 aliphatic carbocycles. The van der Waals surface area contributed by atoms with Crippen molar-refractivity contribution in [1.29, 1.82) is 0 Å². The van der Waals surface area contributed by atoms with E-state index in [0.29, 0.717) is 0 Å². The lowest BCUT2D eigenvalue weighted by Crippen LogP contribution is -1.92. The molecule has 0 amide bonds. The van der Waals surface area contributed by atoms with Crippen LogP contribution in [-0.4, -0.2) is 9.97 Å². The molecule has 9 aromatic rings. The van der Waals surface area contributed by atoms with Crippen LogP contribution in [0.5, 0.6) is 0 Å². The Kier molecular flexibility index (Phi) is 6.17. The van der Waals surface area contributed by atoms with Crippen LogP contribution in [0.15, 0.2) is 170 Å². The van der Waals surface area contributed by atoms with E-state index in [-0.39, 0.29) is 0 Å². The number of benzene rings is 7. The Morgan fingerprint density at radius 3 is 1.67 bits per heavy atom. The average Bonchev–Trinajstić information content (AvgIpc) is 3.14. The molecule has 7 aromatic carbocycles. The van der Waals surface area contributed by atoms with E-state index in [4.69, 9.17) is 9.97 Å². The molecule has 2 heteroatoms. The summed E-state index contributed by atoms with van der Waals surface area (Å²) in [6, 6.07) is 56.6. The maximum absolute atomic E-state index is 4.87. The molecular weight excluding hydrogens is 556 g/mol. The molecule has 2 aromatic heterocycles. The lowest BCUT2D eigenvalue weighted by molar-refractivity contribution is 1.35. The summed E-state index contributed by atoms with van der Waals surface area (Å²) in [6.45, 7) is 0. The van der Waals surface area contributed by atoms with Crippen molar-refractivity contribution in [3.8, 4) is 44.6 Å². The number of hydrogen-bond donors (Lipinski definition) is 0. The van der Waals surface area contributed by atoms with Crippen LogP contribution < -0.4 is 0 Å². The van der Waals surface area contributed by atoms with E-state index in [1.165, 1.54) is 54.9 Å². The smallest absolute Gasteiger partial charge is 0.0802 e. The summed E-state index contributed by atoms with van der Waals surface area (Å²) in [5.41, 5.74) is 10.4. The van der Waals surface area contributed by atoms with Crippen molar-refractivity contribution in [3.05, 3.63) is 170 Å². The van der Waals surface area contributed by atoms with Crippen molar-refractivity contribution in [2.45, 2.75) is 0 Å². The molecule has 9 rings (SSSR count). The maximum atomic E-state index is 4.87. The minimum Gasteiger partial charge on any atom is -0.256 e. The Morgan fingerprint density at radius 2 is 0.913 bits per heavy atom. The monoisotopic (exact) mass is 584 g/mol. The SMILES string of the molecule is c1ccc(-c2ccc3c(-c4ccc(-c5nccc6ccc7cccnc7c56)cc4)c4ccccc4c(-c4ccccc4)c3c2)cc1. The van der Waals surface area contributed by atoms with Gasteiger partial charge in [-0.2, -0.15) is 0 Å². The van der Waals surface area contributed by atoms with E-state index in [1.807, 2.05) is 18.5 Å². The Hall–Kier alpha value is -6.12. The van der Waals surface area contributed by atoms with Gasteiger partial charge in [0.25, 0.3) is 0 Å². The molecule has 0 atom stereocenters. The van der Waals surface area contributed by atoms with Crippen molar-refractivity contribution in [1.82, 2.24) is 9.97 Å². The molecule has 46 heavy (non-hydrogen) atoms. The fourth-order valence-electron chi connectivity index (χ4n) is 7.03. The largest absolute Gasteiger partial charge is 0.256 e. The van der Waals surface area contributed by atoms with Gasteiger partial charge in [-0.15, -0.1) is 0 Å². The summed E-state index contributed by atoms with van der Waals surface area (Å²) in [4.78, 5) is 9.62. The van der Waals surface area contributed by atoms with Crippen LogP contribution in [0.3, 0.4) is 0 Å². The highest BCUT2D eigenvalue weighted by atomic mass is 14.7. The zero-order valence-electron chi connectivity index (χ0n) is 25.1. The number of pyridine rings is 2. The maximum Gasteiger partial charge on any atom is 0.0802 e. The summed E-state index contributed by atoms with van der Waals surface area (Å²) in [7, 11) is 0. The van der Waals surface area contributed by atoms with Gasteiger partial charge < -0.3 is 0 Å². The van der Waals surface area contributed by atoms with Gasteiger partial charge in [0, 0.05) is 28.7 Å². The van der Waals surface area contributed by atoms with E-state index in [2.05, 4.69) is 152 Å². The highest BCUT2D eigenvalue weighted by Crippen LogP contribution is 2.45. The van der Waals surface area contributed by atoms with Crippen LogP contribution in [0.25, 0.3) is 87.9 Å². The third kappa shape index (κ3) is 4.27. The molecule has 0 spiro atoms. The van der Waals surface area contributed by atoms with Gasteiger partial charge in [0.05, 0.1) is 11.2 Å². The van der Waals surface area contributed by atoms with E-state index in [1.54, 1.807) is 0 Å². The normalized spacial score (nSPS) is 11.5. The first-order chi connectivity index (χ1) is 22.8. The van der Waals surface area contributed by atoms with E-state index in [0.717, 1.165) is 32.9 Å². The molecule has 0 fully saturated rings. The Balaban J connectivity index is 1.29. The van der Waals surface area contributed by atoms with Crippen molar-refractivity contribution in [2.75, 3.05) is 0 Å². The lowest BCUT2D eigenvalue weighted by atomic mass is 9.84. The number of rotatable bonds is 4. The molecule has 2 nitrogen and oxygen atoms in total. The molecule has 0 saturated carbocycles. The Bertz CT molecular complexity index is 2550. The minimum absolute atomic E-state index is 0.954. The zero-order chi connectivity index (χ0) is 30.5. The fourth-order valence-corrected chi connectivity index (χ4v) is 7.03. The van der Waals surface area contributed by atoms with Crippen LogP contribution in [0.1, 0.15) is 0 Å². The van der Waals surface area contributed by atoms with Crippen molar-refractivity contribution < 1.29 is 0 Å². The molecule has 0 bridgehead atoms. The minimum atomic E-state index is 0.954. The summed E-state index contributed by atoms with van der Waals surface area (Å²) >= 11 is 0. The molecule has 0 aliphatic rings. The quantitative estimate of drug-likeness (QED) is 0.152. The van der Waals surface area contributed by atoms with E-state index in [9.17, 15) is 0 Å². The van der Waals surface area contributed by atoms with Crippen molar-refractivity contribution in [2.24, 2.45) is 0 Å². The second-order valence-corrected chi connectivity index (χ2v) is 11.8. The van der Waals surface area contributed by atoms with Gasteiger partial charge in [-0.05, 0) is 78.5 Å². The molecular formula is C44H28N2. The third-order valence-corrected chi connectivity index (χ3v) is 9.14. The number of hydrogen-bond acceptors (Lipinski definition) is 2. The molecule has 0 radical (unpaired) electrons. The van der Waals surface area contributed by atoms with Gasteiger partial charge in [0.15, 0.2) is 0 Å². The van der Waals surface area contributed by atoms with E-state index >= 15 is 0 Å². The van der Waals surface area contributed by atoms with Gasteiger partial charge in [0.1, 0.15) is 0 Å². The first kappa shape index (κ1) is 26.3. The van der Waals surface area contributed by atoms with Crippen molar-refractivity contribution >= 4 is 43.2 Å². The average molecular weight is 585 g/mol. The highest BCUT2D eigenvalue weighted by molar-refractivity contribution is 6.22. The van der Waals surface area contributed by atoms with Gasteiger partial charge in [-0.1, -0.05) is 140 Å². The van der Waals surface area contributed by atoms with Crippen LogP contribution >= 0.6 is 0 Å².